The molecule has 4 nitrogen and oxygen atoms in total. The van der Waals surface area contributed by atoms with Crippen LogP contribution in [0.1, 0.15) is 39.0 Å². The average molecular weight is 228 g/mol. The predicted molar refractivity (Wildman–Crippen MR) is 59.8 cm³/mol. The zero-order valence-corrected chi connectivity index (χ0v) is 9.63. The fourth-order valence-electron chi connectivity index (χ4n) is 1.77. The van der Waals surface area contributed by atoms with E-state index in [0.29, 0.717) is 19.3 Å². The number of aliphatic hydroxyl groups is 2. The van der Waals surface area contributed by atoms with Gasteiger partial charge in [0.2, 0.25) is 0 Å². The van der Waals surface area contributed by atoms with Crippen LogP contribution >= 0.6 is 0 Å². The van der Waals surface area contributed by atoms with Crippen LogP contribution in [0.25, 0.3) is 0 Å². The fourth-order valence-corrected chi connectivity index (χ4v) is 1.77. The summed E-state index contributed by atoms with van der Waals surface area (Å²) in [5.74, 6) is -0.230. The molecule has 0 aromatic heterocycles. The summed E-state index contributed by atoms with van der Waals surface area (Å²) in [5.41, 5.74) is 0. The monoisotopic (exact) mass is 228 g/mol. The van der Waals surface area contributed by atoms with Crippen LogP contribution in [-0.4, -0.2) is 34.5 Å². The molecule has 0 saturated carbocycles. The van der Waals surface area contributed by atoms with Crippen molar-refractivity contribution in [1.82, 2.24) is 0 Å². The van der Waals surface area contributed by atoms with Crippen LogP contribution in [0.4, 0.5) is 0 Å². The van der Waals surface area contributed by atoms with Crippen molar-refractivity contribution >= 4 is 5.97 Å². The molecule has 4 heteroatoms. The van der Waals surface area contributed by atoms with E-state index >= 15 is 0 Å². The van der Waals surface area contributed by atoms with E-state index in [2.05, 4.69) is 0 Å². The van der Waals surface area contributed by atoms with Gasteiger partial charge in [-0.2, -0.15) is 0 Å². The van der Waals surface area contributed by atoms with Crippen molar-refractivity contribution in [1.29, 1.82) is 0 Å². The van der Waals surface area contributed by atoms with E-state index in [1.165, 1.54) is 0 Å². The molecule has 1 rings (SSSR count). The molecule has 92 valence electrons. The second-order valence-electron chi connectivity index (χ2n) is 4.16. The van der Waals surface area contributed by atoms with Gasteiger partial charge in [-0.15, -0.1) is 0 Å². The van der Waals surface area contributed by atoms with Gasteiger partial charge in [-0.05, 0) is 12.8 Å². The summed E-state index contributed by atoms with van der Waals surface area (Å²) in [4.78, 5) is 11.4. The standard InChI is InChI=1S/C12H20O4/c1-2-5-9-8-11(14)10(13)6-3-4-7-12(15)16-9/h3,6,9-11,13-14H,2,4-5,7-8H2,1H3/b6-3-/t9-,10+,11+/m1/s1. The predicted octanol–water partition coefficient (Wildman–Crippen LogP) is 1.16. The van der Waals surface area contributed by atoms with Crippen molar-refractivity contribution in [2.24, 2.45) is 0 Å². The Morgan fingerprint density at radius 2 is 2.25 bits per heavy atom. The maximum Gasteiger partial charge on any atom is 0.306 e. The molecule has 0 spiro atoms. The van der Waals surface area contributed by atoms with E-state index in [0.717, 1.165) is 12.8 Å². The molecule has 0 bridgehead atoms. The summed E-state index contributed by atoms with van der Waals surface area (Å²) >= 11 is 0. The van der Waals surface area contributed by atoms with E-state index in [1.54, 1.807) is 12.2 Å². The molecule has 0 saturated heterocycles. The van der Waals surface area contributed by atoms with Crippen LogP contribution in [0, 0.1) is 0 Å². The molecule has 0 amide bonds. The van der Waals surface area contributed by atoms with Crippen LogP contribution in [-0.2, 0) is 9.53 Å². The minimum atomic E-state index is -0.865. The number of aliphatic hydroxyl groups excluding tert-OH is 2. The summed E-state index contributed by atoms with van der Waals surface area (Å²) in [7, 11) is 0. The number of hydrogen-bond acceptors (Lipinski definition) is 4. The molecule has 1 aliphatic rings. The van der Waals surface area contributed by atoms with Gasteiger partial charge in [0.15, 0.2) is 0 Å². The minimum Gasteiger partial charge on any atom is -0.462 e. The first-order valence-electron chi connectivity index (χ1n) is 5.85. The summed E-state index contributed by atoms with van der Waals surface area (Å²) < 4.78 is 5.24. The van der Waals surface area contributed by atoms with Crippen molar-refractivity contribution in [2.45, 2.75) is 57.3 Å². The Bertz CT molecular complexity index is 249. The fraction of sp³-hybridized carbons (Fsp3) is 0.750. The molecule has 0 fully saturated rings. The van der Waals surface area contributed by atoms with Crippen molar-refractivity contribution in [3.8, 4) is 0 Å². The average Bonchev–Trinajstić information content (AvgIpc) is 2.23. The highest BCUT2D eigenvalue weighted by atomic mass is 16.5. The Balaban J connectivity index is 2.65. The largest absolute Gasteiger partial charge is 0.462 e. The number of carbonyl (C=O) groups is 1. The Hall–Kier alpha value is -0.870. The maximum absolute atomic E-state index is 11.4. The van der Waals surface area contributed by atoms with E-state index in [4.69, 9.17) is 4.74 Å². The lowest BCUT2D eigenvalue weighted by atomic mass is 10.0. The molecule has 1 heterocycles. The Morgan fingerprint density at radius 1 is 1.50 bits per heavy atom. The van der Waals surface area contributed by atoms with Gasteiger partial charge in [-0.1, -0.05) is 25.5 Å². The third-order valence-electron chi connectivity index (χ3n) is 2.66. The van der Waals surface area contributed by atoms with Gasteiger partial charge in [0.1, 0.15) is 6.10 Å². The number of hydrogen-bond donors (Lipinski definition) is 2. The molecule has 1 aliphatic heterocycles. The first-order valence-corrected chi connectivity index (χ1v) is 5.85. The van der Waals surface area contributed by atoms with E-state index < -0.39 is 12.2 Å². The van der Waals surface area contributed by atoms with Crippen molar-refractivity contribution in [3.05, 3.63) is 12.2 Å². The van der Waals surface area contributed by atoms with Gasteiger partial charge in [-0.3, -0.25) is 4.79 Å². The number of esters is 1. The first kappa shape index (κ1) is 13.2. The lowest BCUT2D eigenvalue weighted by Crippen LogP contribution is -2.31. The zero-order valence-electron chi connectivity index (χ0n) is 9.63. The molecule has 0 unspecified atom stereocenters. The third kappa shape index (κ3) is 4.33. The van der Waals surface area contributed by atoms with Crippen molar-refractivity contribution < 1.29 is 19.7 Å². The maximum atomic E-state index is 11.4. The Labute approximate surface area is 95.9 Å². The SMILES string of the molecule is CCC[C@@H]1C[C@H](O)[C@@H](O)/C=C\CCC(=O)O1. The highest BCUT2D eigenvalue weighted by Gasteiger charge is 2.22. The zero-order chi connectivity index (χ0) is 12.0. The van der Waals surface area contributed by atoms with Gasteiger partial charge in [0.05, 0.1) is 12.2 Å². The number of carbonyl (C=O) groups excluding carboxylic acids is 1. The van der Waals surface area contributed by atoms with E-state index in [-0.39, 0.29) is 12.1 Å². The molecular weight excluding hydrogens is 208 g/mol. The normalized spacial score (nSPS) is 34.2. The molecule has 3 atom stereocenters. The number of rotatable bonds is 2. The molecule has 0 aromatic rings. The summed E-state index contributed by atoms with van der Waals surface area (Å²) in [5, 5.41) is 19.3. The van der Waals surface area contributed by atoms with Crippen LogP contribution in [0.5, 0.6) is 0 Å². The Morgan fingerprint density at radius 3 is 2.94 bits per heavy atom. The van der Waals surface area contributed by atoms with Gasteiger partial charge >= 0.3 is 5.97 Å². The van der Waals surface area contributed by atoms with Crippen molar-refractivity contribution in [2.75, 3.05) is 0 Å². The highest BCUT2D eigenvalue weighted by molar-refractivity contribution is 5.69. The number of ether oxygens (including phenoxy) is 1. The van der Waals surface area contributed by atoms with Crippen LogP contribution in [0.2, 0.25) is 0 Å². The van der Waals surface area contributed by atoms with Gasteiger partial charge in [-0.25, -0.2) is 0 Å². The Kier molecular flexibility index (Phi) is 5.49. The van der Waals surface area contributed by atoms with Gasteiger partial charge in [0.25, 0.3) is 0 Å². The summed E-state index contributed by atoms with van der Waals surface area (Å²) in [6, 6.07) is 0. The molecule has 0 aliphatic carbocycles. The smallest absolute Gasteiger partial charge is 0.306 e. The third-order valence-corrected chi connectivity index (χ3v) is 2.66. The molecule has 0 radical (unpaired) electrons. The van der Waals surface area contributed by atoms with Crippen LogP contribution in [0.15, 0.2) is 12.2 Å². The summed E-state index contributed by atoms with van der Waals surface area (Å²) in [6.45, 7) is 2.00. The number of allylic oxidation sites excluding steroid dienone is 1. The van der Waals surface area contributed by atoms with Crippen LogP contribution in [0.3, 0.4) is 0 Å². The van der Waals surface area contributed by atoms with E-state index in [1.807, 2.05) is 6.92 Å². The van der Waals surface area contributed by atoms with E-state index in [9.17, 15) is 15.0 Å². The summed E-state index contributed by atoms with van der Waals surface area (Å²) in [6.07, 6.45) is 4.02. The minimum absolute atomic E-state index is 0.230. The second kappa shape index (κ2) is 6.66. The van der Waals surface area contributed by atoms with Crippen molar-refractivity contribution in [3.63, 3.8) is 0 Å². The van der Waals surface area contributed by atoms with Gasteiger partial charge in [0, 0.05) is 12.8 Å². The second-order valence-corrected chi connectivity index (χ2v) is 4.16. The highest BCUT2D eigenvalue weighted by Crippen LogP contribution is 2.15. The lowest BCUT2D eigenvalue weighted by molar-refractivity contribution is -0.151. The lowest BCUT2D eigenvalue weighted by Gasteiger charge is -2.23. The topological polar surface area (TPSA) is 66.8 Å². The molecule has 0 aromatic carbocycles. The van der Waals surface area contributed by atoms with Crippen LogP contribution < -0.4 is 0 Å². The van der Waals surface area contributed by atoms with Gasteiger partial charge < -0.3 is 14.9 Å². The molecular formula is C12H20O4. The molecule has 2 N–H and O–H groups in total. The number of cyclic esters (lactones) is 1. The first-order chi connectivity index (χ1) is 7.63. The molecule has 16 heavy (non-hydrogen) atoms. The quantitative estimate of drug-likeness (QED) is 0.550.